The summed E-state index contributed by atoms with van der Waals surface area (Å²) in [4.78, 5) is 0. The monoisotopic (exact) mass is 213 g/mol. The molecule has 86 valence electrons. The Kier molecular flexibility index (Phi) is 5.39. The Morgan fingerprint density at radius 3 is 2.60 bits per heavy atom. The molecule has 1 atom stereocenters. The number of hydrogen-bond donors (Lipinski definition) is 1. The standard InChI is InChI=1S/C11H19NO3/c1-4-12-10(11(13-2)14-3)7-9-5-6-15-8-9/h5-6,8,10-12H,4,7H2,1-3H3. The average Bonchev–Trinajstić information content (AvgIpc) is 2.72. The van der Waals surface area contributed by atoms with E-state index in [1.807, 2.05) is 6.07 Å². The molecule has 0 radical (unpaired) electrons. The van der Waals surface area contributed by atoms with Gasteiger partial charge >= 0.3 is 0 Å². The highest BCUT2D eigenvalue weighted by atomic mass is 16.7. The number of nitrogens with one attached hydrogen (secondary N) is 1. The third-order valence-electron chi connectivity index (χ3n) is 2.30. The lowest BCUT2D eigenvalue weighted by Crippen LogP contribution is -2.43. The lowest BCUT2D eigenvalue weighted by molar-refractivity contribution is -0.122. The lowest BCUT2D eigenvalue weighted by Gasteiger charge is -2.24. The SMILES string of the molecule is CCNC(Cc1ccoc1)C(OC)OC. The molecule has 0 aliphatic carbocycles. The first-order valence-electron chi connectivity index (χ1n) is 5.11. The molecule has 1 aromatic rings. The number of hydrogen-bond acceptors (Lipinski definition) is 4. The second-order valence-corrected chi connectivity index (χ2v) is 3.34. The van der Waals surface area contributed by atoms with Gasteiger partial charge in [0.05, 0.1) is 18.6 Å². The average molecular weight is 213 g/mol. The minimum absolute atomic E-state index is 0.141. The molecule has 4 nitrogen and oxygen atoms in total. The summed E-state index contributed by atoms with van der Waals surface area (Å²) < 4.78 is 15.5. The Morgan fingerprint density at radius 2 is 2.13 bits per heavy atom. The molecule has 0 aliphatic rings. The van der Waals surface area contributed by atoms with E-state index >= 15 is 0 Å². The molecule has 1 aromatic heterocycles. The fourth-order valence-electron chi connectivity index (χ4n) is 1.61. The van der Waals surface area contributed by atoms with E-state index in [2.05, 4.69) is 12.2 Å². The lowest BCUT2D eigenvalue weighted by atomic mass is 10.1. The molecule has 0 aromatic carbocycles. The van der Waals surface area contributed by atoms with E-state index in [1.165, 1.54) is 0 Å². The third kappa shape index (κ3) is 3.66. The van der Waals surface area contributed by atoms with Crippen molar-refractivity contribution in [3.63, 3.8) is 0 Å². The van der Waals surface area contributed by atoms with Gasteiger partial charge in [0, 0.05) is 14.2 Å². The van der Waals surface area contributed by atoms with Gasteiger partial charge in [0.25, 0.3) is 0 Å². The van der Waals surface area contributed by atoms with Crippen molar-refractivity contribution in [1.82, 2.24) is 5.32 Å². The highest BCUT2D eigenvalue weighted by Gasteiger charge is 2.20. The quantitative estimate of drug-likeness (QED) is 0.696. The molecule has 0 bridgehead atoms. The predicted octanol–water partition coefficient (Wildman–Crippen LogP) is 1.42. The molecule has 15 heavy (non-hydrogen) atoms. The Bertz CT molecular complexity index is 244. The first-order valence-corrected chi connectivity index (χ1v) is 5.11. The first kappa shape index (κ1) is 12.2. The van der Waals surface area contributed by atoms with Gasteiger partial charge in [-0.3, -0.25) is 0 Å². The van der Waals surface area contributed by atoms with E-state index < -0.39 is 0 Å². The van der Waals surface area contributed by atoms with Crippen LogP contribution < -0.4 is 5.32 Å². The van der Waals surface area contributed by atoms with Crippen LogP contribution in [0.25, 0.3) is 0 Å². The van der Waals surface area contributed by atoms with Gasteiger partial charge in [-0.2, -0.15) is 0 Å². The zero-order valence-electron chi connectivity index (χ0n) is 9.53. The second-order valence-electron chi connectivity index (χ2n) is 3.34. The Hall–Kier alpha value is -0.840. The molecular formula is C11H19NO3. The van der Waals surface area contributed by atoms with Gasteiger partial charge < -0.3 is 19.2 Å². The summed E-state index contributed by atoms with van der Waals surface area (Å²) in [7, 11) is 3.29. The fourth-order valence-corrected chi connectivity index (χ4v) is 1.61. The molecule has 4 heteroatoms. The summed E-state index contributed by atoms with van der Waals surface area (Å²) in [6.45, 7) is 2.94. The van der Waals surface area contributed by atoms with Crippen molar-refractivity contribution >= 4 is 0 Å². The van der Waals surface area contributed by atoms with Crippen LogP contribution in [0.4, 0.5) is 0 Å². The van der Waals surface area contributed by atoms with Gasteiger partial charge in [0.2, 0.25) is 0 Å². The molecule has 0 saturated carbocycles. The second kappa shape index (κ2) is 6.61. The molecular weight excluding hydrogens is 194 g/mol. The topological polar surface area (TPSA) is 43.6 Å². The van der Waals surface area contributed by atoms with Crippen LogP contribution >= 0.6 is 0 Å². The predicted molar refractivity (Wildman–Crippen MR) is 57.7 cm³/mol. The van der Waals surface area contributed by atoms with Crippen LogP contribution in [0.15, 0.2) is 23.0 Å². The molecule has 0 aliphatic heterocycles. The highest BCUT2D eigenvalue weighted by molar-refractivity contribution is 5.07. The molecule has 0 fully saturated rings. The molecule has 0 saturated heterocycles. The summed E-state index contributed by atoms with van der Waals surface area (Å²) >= 11 is 0. The maximum absolute atomic E-state index is 5.25. The maximum Gasteiger partial charge on any atom is 0.172 e. The van der Waals surface area contributed by atoms with Gasteiger partial charge in [-0.25, -0.2) is 0 Å². The van der Waals surface area contributed by atoms with E-state index in [4.69, 9.17) is 13.9 Å². The maximum atomic E-state index is 5.25. The van der Waals surface area contributed by atoms with E-state index in [0.29, 0.717) is 0 Å². The molecule has 1 unspecified atom stereocenters. The third-order valence-corrected chi connectivity index (χ3v) is 2.30. The van der Waals surface area contributed by atoms with Crippen molar-refractivity contribution < 1.29 is 13.9 Å². The van der Waals surface area contributed by atoms with Crippen LogP contribution in [-0.4, -0.2) is 33.1 Å². The summed E-state index contributed by atoms with van der Waals surface area (Å²) in [5, 5.41) is 3.33. The van der Waals surface area contributed by atoms with Crippen LogP contribution in [0.3, 0.4) is 0 Å². The van der Waals surface area contributed by atoms with Gasteiger partial charge in [0.1, 0.15) is 0 Å². The van der Waals surface area contributed by atoms with Gasteiger partial charge in [-0.15, -0.1) is 0 Å². The Balaban J connectivity index is 2.56. The van der Waals surface area contributed by atoms with Crippen LogP contribution in [0.5, 0.6) is 0 Å². The van der Waals surface area contributed by atoms with Gasteiger partial charge in [-0.1, -0.05) is 6.92 Å². The molecule has 0 amide bonds. The van der Waals surface area contributed by atoms with Crippen molar-refractivity contribution in [3.8, 4) is 0 Å². The summed E-state index contributed by atoms with van der Waals surface area (Å²) in [5.41, 5.74) is 1.14. The number of methoxy groups -OCH3 is 2. The minimum atomic E-state index is -0.236. The molecule has 1 N–H and O–H groups in total. The molecule has 0 spiro atoms. The Morgan fingerprint density at radius 1 is 1.40 bits per heavy atom. The van der Waals surface area contributed by atoms with E-state index in [9.17, 15) is 0 Å². The van der Waals surface area contributed by atoms with Crippen molar-refractivity contribution in [3.05, 3.63) is 24.2 Å². The van der Waals surface area contributed by atoms with Crippen LogP contribution in [0, 0.1) is 0 Å². The Labute approximate surface area is 90.6 Å². The van der Waals surface area contributed by atoms with Crippen LogP contribution in [0.2, 0.25) is 0 Å². The highest BCUT2D eigenvalue weighted by Crippen LogP contribution is 2.09. The first-order chi connectivity index (χ1) is 7.31. The van der Waals surface area contributed by atoms with Crippen molar-refractivity contribution in [2.75, 3.05) is 20.8 Å². The van der Waals surface area contributed by atoms with Gasteiger partial charge in [0.15, 0.2) is 6.29 Å². The summed E-state index contributed by atoms with van der Waals surface area (Å²) in [6.07, 6.45) is 4.01. The largest absolute Gasteiger partial charge is 0.472 e. The van der Waals surface area contributed by atoms with E-state index in [0.717, 1.165) is 18.5 Å². The van der Waals surface area contributed by atoms with Crippen molar-refractivity contribution in [2.24, 2.45) is 0 Å². The van der Waals surface area contributed by atoms with E-state index in [-0.39, 0.29) is 12.3 Å². The summed E-state index contributed by atoms with van der Waals surface area (Å²) in [6, 6.07) is 2.09. The number of furan rings is 1. The molecule has 1 rings (SSSR count). The molecule has 1 heterocycles. The van der Waals surface area contributed by atoms with Crippen LogP contribution in [-0.2, 0) is 15.9 Å². The van der Waals surface area contributed by atoms with Crippen LogP contribution in [0.1, 0.15) is 12.5 Å². The zero-order chi connectivity index (χ0) is 11.1. The minimum Gasteiger partial charge on any atom is -0.472 e. The van der Waals surface area contributed by atoms with Crippen molar-refractivity contribution in [1.29, 1.82) is 0 Å². The number of likely N-dealkylation sites (N-methyl/N-ethyl adjacent to an activating group) is 1. The number of ether oxygens (including phenoxy) is 2. The fraction of sp³-hybridized carbons (Fsp3) is 0.636. The zero-order valence-corrected chi connectivity index (χ0v) is 9.53. The summed E-state index contributed by atoms with van der Waals surface area (Å²) in [5.74, 6) is 0. The number of rotatable bonds is 7. The van der Waals surface area contributed by atoms with E-state index in [1.54, 1.807) is 26.7 Å². The smallest absolute Gasteiger partial charge is 0.172 e. The normalized spacial score (nSPS) is 13.3. The van der Waals surface area contributed by atoms with Crippen molar-refractivity contribution in [2.45, 2.75) is 25.7 Å². The van der Waals surface area contributed by atoms with Gasteiger partial charge in [-0.05, 0) is 24.6 Å².